The first kappa shape index (κ1) is 23.2. The van der Waals surface area contributed by atoms with Gasteiger partial charge >= 0.3 is 0 Å². The van der Waals surface area contributed by atoms with Crippen molar-refractivity contribution in [3.8, 4) is 5.75 Å². The molecule has 0 saturated heterocycles. The van der Waals surface area contributed by atoms with E-state index in [0.29, 0.717) is 22.7 Å². The predicted molar refractivity (Wildman–Crippen MR) is 116 cm³/mol. The van der Waals surface area contributed by atoms with Gasteiger partial charge in [0.2, 0.25) is 11.8 Å². The molecule has 2 aromatic rings. The summed E-state index contributed by atoms with van der Waals surface area (Å²) in [5, 5.41) is 5.29. The number of para-hydroxylation sites is 2. The van der Waals surface area contributed by atoms with E-state index in [-0.39, 0.29) is 16.7 Å². The topological polar surface area (TPSA) is 114 Å². The second-order valence-electron chi connectivity index (χ2n) is 7.20. The van der Waals surface area contributed by atoms with E-state index in [0.717, 1.165) is 0 Å². The van der Waals surface area contributed by atoms with Crippen LogP contribution in [0.3, 0.4) is 0 Å². The molecule has 0 heterocycles. The minimum atomic E-state index is -3.94. The molecule has 2 aromatic carbocycles. The number of hydrogen-bond donors (Lipinski definition) is 3. The van der Waals surface area contributed by atoms with Crippen molar-refractivity contribution in [2.45, 2.75) is 38.6 Å². The quantitative estimate of drug-likeness (QED) is 0.592. The van der Waals surface area contributed by atoms with Crippen LogP contribution < -0.4 is 20.1 Å². The number of anilines is 2. The smallest absolute Gasteiger partial charge is 0.262 e. The summed E-state index contributed by atoms with van der Waals surface area (Å²) in [6.07, 6.45) is 0. The van der Waals surface area contributed by atoms with E-state index in [4.69, 9.17) is 4.74 Å². The molecular weight excluding hydrogens is 406 g/mol. The molecule has 1 unspecified atom stereocenters. The SMILES string of the molecule is COc1ccccc1NS(=O)(=O)c1cc(NC(=O)C(NC(C)=O)C(C)C)ccc1C. The number of carbonyl (C=O) groups is 2. The van der Waals surface area contributed by atoms with Crippen molar-refractivity contribution < 1.29 is 22.7 Å². The molecule has 30 heavy (non-hydrogen) atoms. The Morgan fingerprint density at radius 2 is 1.73 bits per heavy atom. The number of hydrogen-bond acceptors (Lipinski definition) is 5. The van der Waals surface area contributed by atoms with Gasteiger partial charge in [0, 0.05) is 12.6 Å². The Bertz CT molecular complexity index is 1030. The first-order chi connectivity index (χ1) is 14.0. The van der Waals surface area contributed by atoms with E-state index in [2.05, 4.69) is 15.4 Å². The molecule has 0 radical (unpaired) electrons. The van der Waals surface area contributed by atoms with Crippen molar-refractivity contribution in [1.29, 1.82) is 0 Å². The van der Waals surface area contributed by atoms with Crippen molar-refractivity contribution in [1.82, 2.24) is 5.32 Å². The third-order valence-corrected chi connectivity index (χ3v) is 5.91. The molecule has 8 nitrogen and oxygen atoms in total. The van der Waals surface area contributed by atoms with E-state index in [1.165, 1.54) is 20.1 Å². The van der Waals surface area contributed by atoms with Crippen LogP contribution in [0.2, 0.25) is 0 Å². The van der Waals surface area contributed by atoms with Crippen LogP contribution in [0.1, 0.15) is 26.3 Å². The van der Waals surface area contributed by atoms with E-state index in [1.807, 2.05) is 13.8 Å². The first-order valence-corrected chi connectivity index (χ1v) is 10.9. The number of sulfonamides is 1. The fourth-order valence-corrected chi connectivity index (χ4v) is 4.21. The van der Waals surface area contributed by atoms with Crippen LogP contribution in [0.25, 0.3) is 0 Å². The van der Waals surface area contributed by atoms with Gasteiger partial charge in [-0.05, 0) is 42.7 Å². The Morgan fingerprint density at radius 1 is 1.07 bits per heavy atom. The Kier molecular flexibility index (Phi) is 7.44. The number of nitrogens with one attached hydrogen (secondary N) is 3. The zero-order chi connectivity index (χ0) is 22.5. The lowest BCUT2D eigenvalue weighted by Gasteiger charge is -2.21. The van der Waals surface area contributed by atoms with Crippen molar-refractivity contribution >= 4 is 33.2 Å². The highest BCUT2D eigenvalue weighted by molar-refractivity contribution is 7.92. The van der Waals surface area contributed by atoms with Crippen LogP contribution in [0.15, 0.2) is 47.4 Å². The van der Waals surface area contributed by atoms with Crippen LogP contribution in [-0.2, 0) is 19.6 Å². The van der Waals surface area contributed by atoms with Crippen LogP contribution in [0.5, 0.6) is 5.75 Å². The van der Waals surface area contributed by atoms with Gasteiger partial charge in [-0.25, -0.2) is 8.42 Å². The largest absolute Gasteiger partial charge is 0.495 e. The Morgan fingerprint density at radius 3 is 2.33 bits per heavy atom. The van der Waals surface area contributed by atoms with Crippen LogP contribution in [-0.4, -0.2) is 33.4 Å². The van der Waals surface area contributed by atoms with E-state index < -0.39 is 22.0 Å². The summed E-state index contributed by atoms with van der Waals surface area (Å²) in [6.45, 7) is 6.62. The van der Waals surface area contributed by atoms with Gasteiger partial charge in [-0.3, -0.25) is 14.3 Å². The molecular formula is C21H27N3O5S. The normalized spacial score (nSPS) is 12.2. The fourth-order valence-electron chi connectivity index (χ4n) is 2.87. The van der Waals surface area contributed by atoms with E-state index in [9.17, 15) is 18.0 Å². The molecule has 0 bridgehead atoms. The Labute approximate surface area is 177 Å². The molecule has 0 aromatic heterocycles. The second kappa shape index (κ2) is 9.62. The van der Waals surface area contributed by atoms with Gasteiger partial charge in [-0.2, -0.15) is 0 Å². The van der Waals surface area contributed by atoms with Crippen molar-refractivity contribution in [3.05, 3.63) is 48.0 Å². The van der Waals surface area contributed by atoms with Gasteiger partial charge < -0.3 is 15.4 Å². The maximum atomic E-state index is 13.0. The molecule has 0 aliphatic carbocycles. The molecule has 1 atom stereocenters. The lowest BCUT2D eigenvalue weighted by molar-refractivity contribution is -0.126. The third kappa shape index (κ3) is 5.73. The van der Waals surface area contributed by atoms with Gasteiger partial charge in [0.25, 0.3) is 10.0 Å². The van der Waals surface area contributed by atoms with Gasteiger partial charge in [0.1, 0.15) is 11.8 Å². The van der Waals surface area contributed by atoms with Gasteiger partial charge in [-0.1, -0.05) is 32.0 Å². The molecule has 3 N–H and O–H groups in total. The second-order valence-corrected chi connectivity index (χ2v) is 8.85. The van der Waals surface area contributed by atoms with E-state index in [1.54, 1.807) is 43.3 Å². The summed E-state index contributed by atoms with van der Waals surface area (Å²) in [6, 6.07) is 10.5. The number of ether oxygens (including phenoxy) is 1. The molecule has 162 valence electrons. The standard InChI is InChI=1S/C21H27N3O5S/c1-13(2)20(22-15(4)25)21(26)23-16-11-10-14(3)19(12-16)30(27,28)24-17-8-6-7-9-18(17)29-5/h6-13,20,24H,1-5H3,(H,22,25)(H,23,26). The van der Waals surface area contributed by atoms with Crippen molar-refractivity contribution in [3.63, 3.8) is 0 Å². The van der Waals surface area contributed by atoms with Gasteiger partial charge in [-0.15, -0.1) is 0 Å². The first-order valence-electron chi connectivity index (χ1n) is 9.39. The van der Waals surface area contributed by atoms with Crippen LogP contribution >= 0.6 is 0 Å². The summed E-state index contributed by atoms with van der Waals surface area (Å²) in [5.41, 5.74) is 1.12. The Balaban J connectivity index is 2.32. The van der Waals surface area contributed by atoms with Gasteiger partial charge in [0.05, 0.1) is 17.7 Å². The summed E-state index contributed by atoms with van der Waals surface area (Å²) >= 11 is 0. The lowest BCUT2D eigenvalue weighted by atomic mass is 10.0. The molecule has 9 heteroatoms. The molecule has 0 fully saturated rings. The predicted octanol–water partition coefficient (Wildman–Crippen LogP) is 2.90. The molecule has 0 saturated carbocycles. The van der Waals surface area contributed by atoms with Crippen LogP contribution in [0, 0.1) is 12.8 Å². The monoisotopic (exact) mass is 433 g/mol. The summed E-state index contributed by atoms with van der Waals surface area (Å²) < 4.78 is 33.7. The summed E-state index contributed by atoms with van der Waals surface area (Å²) in [7, 11) is -2.49. The zero-order valence-corrected chi connectivity index (χ0v) is 18.5. The van der Waals surface area contributed by atoms with Crippen LogP contribution in [0.4, 0.5) is 11.4 Å². The number of benzene rings is 2. The third-order valence-electron chi connectivity index (χ3n) is 4.40. The van der Waals surface area contributed by atoms with Crippen molar-refractivity contribution in [2.75, 3.05) is 17.1 Å². The number of aryl methyl sites for hydroxylation is 1. The molecule has 2 rings (SSSR count). The molecule has 0 aliphatic heterocycles. The maximum Gasteiger partial charge on any atom is 0.262 e. The Hall–Kier alpha value is -3.07. The number of carbonyl (C=O) groups excluding carboxylic acids is 2. The fraction of sp³-hybridized carbons (Fsp3) is 0.333. The van der Waals surface area contributed by atoms with Crippen molar-refractivity contribution in [2.24, 2.45) is 5.92 Å². The minimum Gasteiger partial charge on any atom is -0.495 e. The number of rotatable bonds is 8. The lowest BCUT2D eigenvalue weighted by Crippen LogP contribution is -2.46. The summed E-state index contributed by atoms with van der Waals surface area (Å²) in [4.78, 5) is 24.0. The highest BCUT2D eigenvalue weighted by Crippen LogP contribution is 2.28. The zero-order valence-electron chi connectivity index (χ0n) is 17.6. The average molecular weight is 434 g/mol. The highest BCUT2D eigenvalue weighted by Gasteiger charge is 2.24. The van der Waals surface area contributed by atoms with Gasteiger partial charge in [0.15, 0.2) is 0 Å². The van der Waals surface area contributed by atoms with E-state index >= 15 is 0 Å². The molecule has 2 amide bonds. The molecule has 0 spiro atoms. The number of methoxy groups -OCH3 is 1. The maximum absolute atomic E-state index is 13.0. The minimum absolute atomic E-state index is 0.0202. The summed E-state index contributed by atoms with van der Waals surface area (Å²) in [5.74, 6) is -0.504. The average Bonchev–Trinajstić information content (AvgIpc) is 2.67. The highest BCUT2D eigenvalue weighted by atomic mass is 32.2. The number of amides is 2. The molecule has 0 aliphatic rings.